The van der Waals surface area contributed by atoms with Crippen molar-refractivity contribution in [1.29, 1.82) is 0 Å². The van der Waals surface area contributed by atoms with E-state index in [0.717, 1.165) is 46.6 Å². The highest BCUT2D eigenvalue weighted by atomic mass is 79.9. The Labute approximate surface area is 148 Å². The van der Waals surface area contributed by atoms with Crippen LogP contribution in [0.3, 0.4) is 0 Å². The van der Waals surface area contributed by atoms with E-state index in [4.69, 9.17) is 4.98 Å². The van der Waals surface area contributed by atoms with E-state index in [1.165, 1.54) is 5.56 Å². The molecule has 4 rings (SSSR count). The highest BCUT2D eigenvalue weighted by Gasteiger charge is 2.22. The van der Waals surface area contributed by atoms with Crippen LogP contribution in [0.1, 0.15) is 22.5 Å². The van der Waals surface area contributed by atoms with Crippen LogP contribution in [0.5, 0.6) is 0 Å². The number of halogens is 1. The van der Waals surface area contributed by atoms with Crippen molar-refractivity contribution in [2.24, 2.45) is 0 Å². The number of hydrogen-bond donors (Lipinski definition) is 0. The summed E-state index contributed by atoms with van der Waals surface area (Å²) in [6.45, 7) is 4.39. The van der Waals surface area contributed by atoms with Crippen LogP contribution in [0.4, 0.5) is 0 Å². The average Bonchev–Trinajstić information content (AvgIpc) is 2.58. The molecule has 3 heterocycles. The third kappa shape index (κ3) is 2.78. The van der Waals surface area contributed by atoms with E-state index in [2.05, 4.69) is 45.1 Å². The number of aryl methyl sites for hydroxylation is 1. The molecule has 122 valence electrons. The predicted octanol–water partition coefficient (Wildman–Crippen LogP) is 3.32. The smallest absolute Gasteiger partial charge is 0.262 e. The Morgan fingerprint density at radius 2 is 1.96 bits per heavy atom. The zero-order chi connectivity index (χ0) is 16.7. The van der Waals surface area contributed by atoms with Crippen LogP contribution < -0.4 is 5.56 Å². The van der Waals surface area contributed by atoms with Crippen LogP contribution in [0.2, 0.25) is 0 Å². The monoisotopic (exact) mass is 383 g/mol. The molecule has 0 fully saturated rings. The summed E-state index contributed by atoms with van der Waals surface area (Å²) in [5, 5.41) is 0. The second-order valence-electron chi connectivity index (χ2n) is 6.29. The lowest BCUT2D eigenvalue weighted by atomic mass is 10.1. The van der Waals surface area contributed by atoms with E-state index in [-0.39, 0.29) is 5.56 Å². The molecule has 0 saturated carbocycles. The van der Waals surface area contributed by atoms with Gasteiger partial charge < -0.3 is 0 Å². The molecule has 1 aliphatic rings. The molecule has 24 heavy (non-hydrogen) atoms. The zero-order valence-electron chi connectivity index (χ0n) is 13.5. The first-order valence-corrected chi connectivity index (χ1v) is 8.88. The van der Waals surface area contributed by atoms with Gasteiger partial charge in [-0.25, -0.2) is 4.98 Å². The van der Waals surface area contributed by atoms with Gasteiger partial charge in [0, 0.05) is 36.2 Å². The van der Waals surface area contributed by atoms with Gasteiger partial charge in [-0.2, -0.15) is 0 Å². The first-order valence-electron chi connectivity index (χ1n) is 8.09. The maximum absolute atomic E-state index is 12.9. The summed E-state index contributed by atoms with van der Waals surface area (Å²) in [4.78, 5) is 20.0. The molecule has 5 heteroatoms. The molecule has 3 aromatic rings. The Morgan fingerprint density at radius 3 is 2.75 bits per heavy atom. The van der Waals surface area contributed by atoms with Gasteiger partial charge in [-0.1, -0.05) is 34.1 Å². The van der Waals surface area contributed by atoms with E-state index in [1.807, 2.05) is 25.1 Å². The van der Waals surface area contributed by atoms with Crippen LogP contribution >= 0.6 is 15.9 Å². The third-order valence-electron chi connectivity index (χ3n) is 4.59. The Bertz CT molecular complexity index is 963. The normalized spacial score (nSPS) is 14.8. The fourth-order valence-corrected chi connectivity index (χ4v) is 3.60. The van der Waals surface area contributed by atoms with Gasteiger partial charge in [0.25, 0.3) is 5.56 Å². The third-order valence-corrected chi connectivity index (χ3v) is 5.12. The van der Waals surface area contributed by atoms with E-state index < -0.39 is 0 Å². The minimum Gasteiger partial charge on any atom is -0.294 e. The molecule has 0 unspecified atom stereocenters. The van der Waals surface area contributed by atoms with E-state index in [0.29, 0.717) is 6.54 Å². The summed E-state index contributed by atoms with van der Waals surface area (Å²) in [7, 11) is 0. The van der Waals surface area contributed by atoms with Crippen LogP contribution in [0.25, 0.3) is 5.65 Å². The Hall–Kier alpha value is -1.98. The van der Waals surface area contributed by atoms with Gasteiger partial charge >= 0.3 is 0 Å². The highest BCUT2D eigenvalue weighted by molar-refractivity contribution is 9.10. The van der Waals surface area contributed by atoms with Gasteiger partial charge in [0.05, 0.1) is 11.3 Å². The summed E-state index contributed by atoms with van der Waals surface area (Å²) in [5.74, 6) is 0. The van der Waals surface area contributed by atoms with Gasteiger partial charge in [0.1, 0.15) is 5.65 Å². The van der Waals surface area contributed by atoms with Crippen molar-refractivity contribution in [3.8, 4) is 0 Å². The lowest BCUT2D eigenvalue weighted by molar-refractivity contribution is 0.241. The predicted molar refractivity (Wildman–Crippen MR) is 98.2 cm³/mol. The molecular weight excluding hydrogens is 366 g/mol. The van der Waals surface area contributed by atoms with Gasteiger partial charge in [-0.05, 0) is 36.8 Å². The van der Waals surface area contributed by atoms with E-state index in [1.54, 1.807) is 4.40 Å². The van der Waals surface area contributed by atoms with Crippen molar-refractivity contribution in [1.82, 2.24) is 14.3 Å². The molecule has 0 bridgehead atoms. The van der Waals surface area contributed by atoms with E-state index in [9.17, 15) is 4.79 Å². The first-order chi connectivity index (χ1) is 11.6. The molecule has 1 aliphatic heterocycles. The quantitative estimate of drug-likeness (QED) is 0.680. The average molecular weight is 384 g/mol. The van der Waals surface area contributed by atoms with Crippen molar-refractivity contribution in [2.75, 3.05) is 6.54 Å². The number of aromatic nitrogens is 2. The highest BCUT2D eigenvalue weighted by Crippen LogP contribution is 2.19. The summed E-state index contributed by atoms with van der Waals surface area (Å²) in [6, 6.07) is 14.2. The molecule has 0 saturated heterocycles. The number of benzene rings is 1. The molecular formula is C19H18BrN3O. The van der Waals surface area contributed by atoms with Crippen molar-refractivity contribution in [2.45, 2.75) is 26.4 Å². The summed E-state index contributed by atoms with van der Waals surface area (Å²) in [6.07, 6.45) is 0.825. The molecule has 0 N–H and O–H groups in total. The largest absolute Gasteiger partial charge is 0.294 e. The summed E-state index contributed by atoms with van der Waals surface area (Å²) < 4.78 is 2.81. The number of fused-ring (bicyclic) bond motifs is 2. The molecule has 0 radical (unpaired) electrons. The van der Waals surface area contributed by atoms with Crippen molar-refractivity contribution < 1.29 is 0 Å². The SMILES string of the molecule is Cc1cccc2nc3c(c(=O)n12)CN(Cc1ccc(Br)cc1)CC3. The molecule has 0 aliphatic carbocycles. The fraction of sp³-hybridized carbons (Fsp3) is 0.263. The van der Waals surface area contributed by atoms with E-state index >= 15 is 0 Å². The summed E-state index contributed by atoms with van der Waals surface area (Å²) >= 11 is 3.47. The van der Waals surface area contributed by atoms with Crippen molar-refractivity contribution in [3.63, 3.8) is 0 Å². The topological polar surface area (TPSA) is 37.6 Å². The Morgan fingerprint density at radius 1 is 1.17 bits per heavy atom. The Kier molecular flexibility index (Phi) is 3.98. The minimum atomic E-state index is 0.0774. The van der Waals surface area contributed by atoms with Crippen LogP contribution in [0, 0.1) is 6.92 Å². The number of pyridine rings is 1. The molecule has 4 nitrogen and oxygen atoms in total. The van der Waals surface area contributed by atoms with Crippen molar-refractivity contribution >= 4 is 21.6 Å². The van der Waals surface area contributed by atoms with Crippen LogP contribution in [-0.4, -0.2) is 20.8 Å². The number of nitrogens with zero attached hydrogens (tertiary/aromatic N) is 3. The second-order valence-corrected chi connectivity index (χ2v) is 7.21. The van der Waals surface area contributed by atoms with Gasteiger partial charge in [-0.3, -0.25) is 14.1 Å². The Balaban J connectivity index is 1.68. The van der Waals surface area contributed by atoms with Crippen LogP contribution in [-0.2, 0) is 19.5 Å². The maximum Gasteiger partial charge on any atom is 0.262 e. The zero-order valence-corrected chi connectivity index (χ0v) is 15.1. The minimum absolute atomic E-state index is 0.0774. The van der Waals surface area contributed by atoms with Crippen LogP contribution in [0.15, 0.2) is 51.7 Å². The molecule has 0 amide bonds. The number of hydrogen-bond acceptors (Lipinski definition) is 3. The maximum atomic E-state index is 12.9. The second kappa shape index (κ2) is 6.15. The van der Waals surface area contributed by atoms with Gasteiger partial charge in [-0.15, -0.1) is 0 Å². The fourth-order valence-electron chi connectivity index (χ4n) is 3.33. The lowest BCUT2D eigenvalue weighted by Crippen LogP contribution is -2.36. The van der Waals surface area contributed by atoms with Gasteiger partial charge in [0.2, 0.25) is 0 Å². The lowest BCUT2D eigenvalue weighted by Gasteiger charge is -2.28. The number of rotatable bonds is 2. The van der Waals surface area contributed by atoms with Gasteiger partial charge in [0.15, 0.2) is 0 Å². The summed E-state index contributed by atoms with van der Waals surface area (Å²) in [5.41, 5.74) is 4.81. The molecule has 0 spiro atoms. The molecule has 2 aromatic heterocycles. The molecule has 1 aromatic carbocycles. The standard InChI is InChI=1S/C19H18BrN3O/c1-13-3-2-4-18-21-17-9-10-22(12-16(17)19(24)23(13)18)11-14-5-7-15(20)8-6-14/h2-8H,9-12H2,1H3. The first kappa shape index (κ1) is 15.5. The van der Waals surface area contributed by atoms with Crippen molar-refractivity contribution in [3.05, 3.63) is 79.8 Å². The molecule has 0 atom stereocenters.